The maximum absolute atomic E-state index is 12.7. The first-order valence-electron chi connectivity index (χ1n) is 9.82. The number of thioether (sulfide) groups is 1. The second-order valence-corrected chi connectivity index (χ2v) is 8.94. The number of carbonyl (C=O) groups is 1. The summed E-state index contributed by atoms with van der Waals surface area (Å²) in [5.74, 6) is -0.0141. The van der Waals surface area contributed by atoms with Crippen LogP contribution in [-0.4, -0.2) is 58.9 Å². The topological polar surface area (TPSA) is 54.5 Å². The molecule has 26 heavy (non-hydrogen) atoms. The van der Waals surface area contributed by atoms with Gasteiger partial charge in [0.25, 0.3) is 5.91 Å². The van der Waals surface area contributed by atoms with Crippen LogP contribution in [0.3, 0.4) is 0 Å². The summed E-state index contributed by atoms with van der Waals surface area (Å²) in [5.41, 5.74) is 0.709. The van der Waals surface area contributed by atoms with Crippen LogP contribution >= 0.6 is 11.8 Å². The standard InChI is InChI=1S/C20H31N3O2S/c1-14(23-12-15(2)25-16(3)13-23)11-22-19(24)18-9-6-10-21-20(18)26-17-7-4-5-8-17/h6,9-10,14-17H,4-5,7-8,11-13H2,1-3H3,(H,22,24)/t14-,15+,16+/m0/s1. The molecule has 3 rings (SSSR count). The van der Waals surface area contributed by atoms with E-state index in [0.29, 0.717) is 17.4 Å². The lowest BCUT2D eigenvalue weighted by Crippen LogP contribution is -2.52. The van der Waals surface area contributed by atoms with Gasteiger partial charge in [0, 0.05) is 37.1 Å². The molecule has 1 saturated heterocycles. The third-order valence-corrected chi connectivity index (χ3v) is 6.58. The molecule has 0 bridgehead atoms. The van der Waals surface area contributed by atoms with Crippen LogP contribution < -0.4 is 5.32 Å². The van der Waals surface area contributed by atoms with Crippen molar-refractivity contribution in [2.45, 2.75) is 75.0 Å². The predicted molar refractivity (Wildman–Crippen MR) is 106 cm³/mol. The first-order chi connectivity index (χ1) is 12.5. The maximum atomic E-state index is 12.7. The molecule has 0 radical (unpaired) electrons. The number of ether oxygens (including phenoxy) is 1. The Labute approximate surface area is 161 Å². The van der Waals surface area contributed by atoms with Gasteiger partial charge in [0.1, 0.15) is 5.03 Å². The van der Waals surface area contributed by atoms with Crippen molar-refractivity contribution >= 4 is 17.7 Å². The third kappa shape index (κ3) is 5.21. The van der Waals surface area contributed by atoms with Crippen molar-refractivity contribution in [2.24, 2.45) is 0 Å². The fourth-order valence-electron chi connectivity index (χ4n) is 3.86. The second kappa shape index (κ2) is 9.20. The van der Waals surface area contributed by atoms with Crippen molar-refractivity contribution in [3.05, 3.63) is 23.9 Å². The highest BCUT2D eigenvalue weighted by atomic mass is 32.2. The van der Waals surface area contributed by atoms with Crippen LogP contribution in [0.2, 0.25) is 0 Å². The summed E-state index contributed by atoms with van der Waals surface area (Å²) in [6.07, 6.45) is 7.31. The number of carbonyl (C=O) groups excluding carboxylic acids is 1. The van der Waals surface area contributed by atoms with Crippen LogP contribution in [-0.2, 0) is 4.74 Å². The first kappa shape index (κ1) is 19.6. The van der Waals surface area contributed by atoms with Gasteiger partial charge in [-0.1, -0.05) is 12.8 Å². The Hall–Kier alpha value is -1.11. The SMILES string of the molecule is C[C@@H]1CN([C@@H](C)CNC(=O)c2cccnc2SC2CCCC2)C[C@@H](C)O1. The fourth-order valence-corrected chi connectivity index (χ4v) is 5.16. The molecule has 0 unspecified atom stereocenters. The van der Waals surface area contributed by atoms with Crippen LogP contribution in [0.5, 0.6) is 0 Å². The number of aromatic nitrogens is 1. The van der Waals surface area contributed by atoms with Crippen molar-refractivity contribution in [2.75, 3.05) is 19.6 Å². The maximum Gasteiger partial charge on any atom is 0.254 e. The van der Waals surface area contributed by atoms with Crippen molar-refractivity contribution in [1.82, 2.24) is 15.2 Å². The van der Waals surface area contributed by atoms with Crippen LogP contribution in [0.4, 0.5) is 0 Å². The molecule has 1 aliphatic carbocycles. The van der Waals surface area contributed by atoms with E-state index < -0.39 is 0 Å². The van der Waals surface area contributed by atoms with Gasteiger partial charge in [0.05, 0.1) is 17.8 Å². The van der Waals surface area contributed by atoms with Gasteiger partial charge in [0.15, 0.2) is 0 Å². The number of rotatable bonds is 6. The van der Waals surface area contributed by atoms with Crippen LogP contribution in [0, 0.1) is 0 Å². The lowest BCUT2D eigenvalue weighted by atomic mass is 10.1. The number of nitrogens with one attached hydrogen (secondary N) is 1. The molecule has 1 N–H and O–H groups in total. The molecular formula is C20H31N3O2S. The number of hydrogen-bond acceptors (Lipinski definition) is 5. The highest BCUT2D eigenvalue weighted by Crippen LogP contribution is 2.35. The molecule has 0 aromatic carbocycles. The van der Waals surface area contributed by atoms with Gasteiger partial charge in [-0.25, -0.2) is 4.98 Å². The minimum atomic E-state index is -0.0141. The van der Waals surface area contributed by atoms with Crippen molar-refractivity contribution in [3.63, 3.8) is 0 Å². The van der Waals surface area contributed by atoms with Crippen molar-refractivity contribution < 1.29 is 9.53 Å². The van der Waals surface area contributed by atoms with Crippen molar-refractivity contribution in [1.29, 1.82) is 0 Å². The molecule has 2 fully saturated rings. The van der Waals surface area contributed by atoms with Crippen LogP contribution in [0.1, 0.15) is 56.8 Å². The Kier molecular flexibility index (Phi) is 6.95. The quantitative estimate of drug-likeness (QED) is 0.824. The zero-order valence-corrected chi connectivity index (χ0v) is 16.9. The summed E-state index contributed by atoms with van der Waals surface area (Å²) in [4.78, 5) is 19.6. The fraction of sp³-hybridized carbons (Fsp3) is 0.700. The Morgan fingerprint density at radius 3 is 2.73 bits per heavy atom. The third-order valence-electron chi connectivity index (χ3n) is 5.23. The molecule has 1 aromatic heterocycles. The highest BCUT2D eigenvalue weighted by Gasteiger charge is 2.26. The van der Waals surface area contributed by atoms with Gasteiger partial charge in [-0.05, 0) is 45.7 Å². The van der Waals surface area contributed by atoms with E-state index in [1.165, 1.54) is 25.7 Å². The molecule has 1 aliphatic heterocycles. The zero-order chi connectivity index (χ0) is 18.5. The normalized spacial score (nSPS) is 26.0. The summed E-state index contributed by atoms with van der Waals surface area (Å²) < 4.78 is 5.80. The number of amides is 1. The highest BCUT2D eigenvalue weighted by molar-refractivity contribution is 7.99. The number of pyridine rings is 1. The summed E-state index contributed by atoms with van der Waals surface area (Å²) in [7, 11) is 0. The van der Waals surface area contributed by atoms with E-state index in [9.17, 15) is 4.79 Å². The summed E-state index contributed by atoms with van der Waals surface area (Å²) in [6, 6.07) is 4.03. The summed E-state index contributed by atoms with van der Waals surface area (Å²) in [5, 5.41) is 4.59. The van der Waals surface area contributed by atoms with Crippen LogP contribution in [0.25, 0.3) is 0 Å². The van der Waals surface area contributed by atoms with E-state index in [2.05, 4.69) is 36.0 Å². The molecule has 6 heteroatoms. The van der Waals surface area contributed by atoms with Crippen molar-refractivity contribution in [3.8, 4) is 0 Å². The van der Waals surface area contributed by atoms with Gasteiger partial charge in [-0.2, -0.15) is 0 Å². The van der Waals surface area contributed by atoms with Gasteiger partial charge in [-0.15, -0.1) is 11.8 Å². The molecule has 1 saturated carbocycles. The van der Waals surface area contributed by atoms with Gasteiger partial charge in [-0.3, -0.25) is 9.69 Å². The monoisotopic (exact) mass is 377 g/mol. The Bertz CT molecular complexity index is 596. The van der Waals surface area contributed by atoms with E-state index >= 15 is 0 Å². The van der Waals surface area contributed by atoms with E-state index in [1.807, 2.05) is 12.1 Å². The molecule has 5 nitrogen and oxygen atoms in total. The molecule has 1 aromatic rings. The van der Waals surface area contributed by atoms with Gasteiger partial charge >= 0.3 is 0 Å². The summed E-state index contributed by atoms with van der Waals surface area (Å²) in [6.45, 7) is 8.85. The average molecular weight is 378 g/mol. The number of morpholine rings is 1. The van der Waals surface area contributed by atoms with E-state index in [1.54, 1.807) is 18.0 Å². The molecular weight excluding hydrogens is 346 g/mol. The smallest absolute Gasteiger partial charge is 0.254 e. The molecule has 2 aliphatic rings. The largest absolute Gasteiger partial charge is 0.373 e. The molecule has 3 atom stereocenters. The Morgan fingerprint density at radius 1 is 1.35 bits per heavy atom. The van der Waals surface area contributed by atoms with E-state index in [-0.39, 0.29) is 24.2 Å². The lowest BCUT2D eigenvalue weighted by Gasteiger charge is -2.39. The number of hydrogen-bond donors (Lipinski definition) is 1. The zero-order valence-electron chi connectivity index (χ0n) is 16.1. The minimum absolute atomic E-state index is 0.0141. The van der Waals surface area contributed by atoms with Gasteiger partial charge < -0.3 is 10.1 Å². The average Bonchev–Trinajstić information content (AvgIpc) is 3.12. The van der Waals surface area contributed by atoms with E-state index in [0.717, 1.165) is 18.1 Å². The Morgan fingerprint density at radius 2 is 2.04 bits per heavy atom. The molecule has 1 amide bonds. The predicted octanol–water partition coefficient (Wildman–Crippen LogP) is 3.34. The molecule has 144 valence electrons. The lowest BCUT2D eigenvalue weighted by molar-refractivity contribution is -0.0778. The first-order valence-corrected chi connectivity index (χ1v) is 10.7. The second-order valence-electron chi connectivity index (χ2n) is 7.65. The van der Waals surface area contributed by atoms with Gasteiger partial charge in [0.2, 0.25) is 0 Å². The van der Waals surface area contributed by atoms with Crippen LogP contribution in [0.15, 0.2) is 23.4 Å². The molecule has 2 heterocycles. The minimum Gasteiger partial charge on any atom is -0.373 e. The summed E-state index contributed by atoms with van der Waals surface area (Å²) >= 11 is 1.77. The van der Waals surface area contributed by atoms with E-state index in [4.69, 9.17) is 4.74 Å². The number of nitrogens with zero attached hydrogens (tertiary/aromatic N) is 2. The Balaban J connectivity index is 1.56. The molecule has 0 spiro atoms.